The van der Waals surface area contributed by atoms with Crippen molar-refractivity contribution in [2.24, 2.45) is 5.73 Å². The Morgan fingerprint density at radius 1 is 1.12 bits per heavy atom. The second-order valence-electron chi connectivity index (χ2n) is 6.03. The second kappa shape index (κ2) is 8.27. The van der Waals surface area contributed by atoms with Gasteiger partial charge < -0.3 is 10.6 Å². The Morgan fingerprint density at radius 2 is 1.62 bits per heavy atom. The third-order valence-corrected chi connectivity index (χ3v) is 4.22. The van der Waals surface area contributed by atoms with Crippen LogP contribution in [-0.2, 0) is 4.79 Å². The Kier molecular flexibility index (Phi) is 6.35. The molecule has 0 fully saturated rings. The first-order valence-corrected chi connectivity index (χ1v) is 8.28. The molecule has 2 aromatic rings. The number of nitrogens with zero attached hydrogens (tertiary/aromatic N) is 1. The van der Waals surface area contributed by atoms with Crippen molar-refractivity contribution < 1.29 is 9.18 Å². The molecule has 5 heteroatoms. The van der Waals surface area contributed by atoms with Gasteiger partial charge in [-0.1, -0.05) is 35.9 Å². The molecule has 0 spiro atoms. The van der Waals surface area contributed by atoms with Gasteiger partial charge in [-0.25, -0.2) is 4.39 Å². The normalized spacial score (nSPS) is 13.4. The number of halogens is 2. The zero-order valence-electron chi connectivity index (χ0n) is 13.9. The monoisotopic (exact) mass is 348 g/mol. The molecule has 0 aliphatic carbocycles. The van der Waals surface area contributed by atoms with E-state index in [1.54, 1.807) is 36.2 Å². The molecular formula is C19H22ClFN2O. The fraction of sp³-hybridized carbons (Fsp3) is 0.316. The van der Waals surface area contributed by atoms with E-state index in [0.29, 0.717) is 17.9 Å². The van der Waals surface area contributed by atoms with Gasteiger partial charge in [-0.2, -0.15) is 0 Å². The zero-order valence-corrected chi connectivity index (χ0v) is 14.6. The van der Waals surface area contributed by atoms with E-state index in [0.717, 1.165) is 11.1 Å². The molecule has 0 saturated carbocycles. The van der Waals surface area contributed by atoms with Crippen molar-refractivity contribution in [3.05, 3.63) is 70.5 Å². The summed E-state index contributed by atoms with van der Waals surface area (Å²) in [5.41, 5.74) is 7.51. The molecule has 0 aromatic heterocycles. The molecule has 0 heterocycles. The minimum Gasteiger partial charge on any atom is -0.335 e. The molecule has 1 amide bonds. The highest BCUT2D eigenvalue weighted by Gasteiger charge is 2.23. The van der Waals surface area contributed by atoms with Crippen LogP contribution in [0.5, 0.6) is 0 Å². The Labute approximate surface area is 147 Å². The number of carbonyl (C=O) groups excluding carboxylic acids is 1. The highest BCUT2D eigenvalue weighted by molar-refractivity contribution is 6.30. The van der Waals surface area contributed by atoms with E-state index in [2.05, 4.69) is 0 Å². The summed E-state index contributed by atoms with van der Waals surface area (Å²) in [6.45, 7) is 1.88. The summed E-state index contributed by atoms with van der Waals surface area (Å²) in [4.78, 5) is 14.2. The van der Waals surface area contributed by atoms with E-state index in [4.69, 9.17) is 17.3 Å². The maximum atomic E-state index is 13.3. The van der Waals surface area contributed by atoms with Gasteiger partial charge in [0.1, 0.15) is 5.82 Å². The molecule has 2 unspecified atom stereocenters. The van der Waals surface area contributed by atoms with Gasteiger partial charge >= 0.3 is 0 Å². The minimum absolute atomic E-state index is 0.00317. The zero-order chi connectivity index (χ0) is 17.7. The maximum absolute atomic E-state index is 13.3. The smallest absolute Gasteiger partial charge is 0.223 e. The van der Waals surface area contributed by atoms with Gasteiger partial charge in [0, 0.05) is 24.5 Å². The first kappa shape index (κ1) is 18.4. The number of rotatable bonds is 6. The highest BCUT2D eigenvalue weighted by atomic mass is 35.5. The number of carbonyl (C=O) groups is 1. The largest absolute Gasteiger partial charge is 0.335 e. The van der Waals surface area contributed by atoms with Gasteiger partial charge in [0.25, 0.3) is 0 Å². The minimum atomic E-state index is -0.306. The van der Waals surface area contributed by atoms with E-state index in [1.165, 1.54) is 12.1 Å². The molecule has 2 N–H and O–H groups in total. The lowest BCUT2D eigenvalue weighted by Gasteiger charge is -2.29. The molecule has 2 rings (SSSR count). The van der Waals surface area contributed by atoms with Crippen LogP contribution >= 0.6 is 11.6 Å². The molecule has 24 heavy (non-hydrogen) atoms. The van der Waals surface area contributed by atoms with E-state index >= 15 is 0 Å². The van der Waals surface area contributed by atoms with Crippen LogP contribution < -0.4 is 5.73 Å². The predicted octanol–water partition coefficient (Wildman–Crippen LogP) is 4.15. The van der Waals surface area contributed by atoms with Gasteiger partial charge in [0.15, 0.2) is 0 Å². The summed E-state index contributed by atoms with van der Waals surface area (Å²) in [6.07, 6.45) is 0.999. The average Bonchev–Trinajstić information content (AvgIpc) is 2.56. The van der Waals surface area contributed by atoms with Crippen molar-refractivity contribution in [3.8, 4) is 0 Å². The Morgan fingerprint density at radius 3 is 2.12 bits per heavy atom. The van der Waals surface area contributed by atoms with Gasteiger partial charge in [0.2, 0.25) is 5.91 Å². The Bertz CT molecular complexity index is 625. The molecule has 0 bridgehead atoms. The topological polar surface area (TPSA) is 46.3 Å². The average molecular weight is 349 g/mol. The second-order valence-corrected chi connectivity index (χ2v) is 6.46. The van der Waals surface area contributed by atoms with Crippen molar-refractivity contribution >= 4 is 17.5 Å². The van der Waals surface area contributed by atoms with E-state index in [9.17, 15) is 9.18 Å². The predicted molar refractivity (Wildman–Crippen MR) is 95.3 cm³/mol. The summed E-state index contributed by atoms with van der Waals surface area (Å²) < 4.78 is 13.3. The Hall–Kier alpha value is -1.91. The van der Waals surface area contributed by atoms with Gasteiger partial charge in [-0.3, -0.25) is 4.79 Å². The third-order valence-electron chi connectivity index (χ3n) is 3.97. The fourth-order valence-electron chi connectivity index (χ4n) is 2.60. The first-order valence-electron chi connectivity index (χ1n) is 7.90. The lowest BCUT2D eigenvalue weighted by Crippen LogP contribution is -2.33. The molecule has 0 radical (unpaired) electrons. The maximum Gasteiger partial charge on any atom is 0.223 e. The summed E-state index contributed by atoms with van der Waals surface area (Å²) in [5.74, 6) is -0.309. The molecule has 2 atom stereocenters. The third kappa shape index (κ3) is 4.79. The van der Waals surface area contributed by atoms with Crippen LogP contribution in [-0.4, -0.2) is 23.9 Å². The van der Waals surface area contributed by atoms with E-state index in [1.807, 2.05) is 19.1 Å². The molecule has 0 aliphatic heterocycles. The Balaban J connectivity index is 2.33. The molecular weight excluding hydrogens is 327 g/mol. The van der Waals surface area contributed by atoms with E-state index < -0.39 is 0 Å². The molecule has 128 valence electrons. The van der Waals surface area contributed by atoms with Gasteiger partial charge in [-0.15, -0.1) is 0 Å². The van der Waals surface area contributed by atoms with Crippen molar-refractivity contribution in [3.63, 3.8) is 0 Å². The standard InChI is InChI=1S/C19H22ClFN2O/c1-13(22)3-12-18(24)23(2)19(14-4-8-16(20)9-5-14)15-6-10-17(21)11-7-15/h4-11,13,19H,3,12,22H2,1-2H3. The first-order chi connectivity index (χ1) is 11.4. The van der Waals surface area contributed by atoms with Crippen molar-refractivity contribution in [1.29, 1.82) is 0 Å². The summed E-state index contributed by atoms with van der Waals surface area (Å²) in [6, 6.07) is 13.2. The van der Waals surface area contributed by atoms with Crippen LogP contribution in [0.1, 0.15) is 36.9 Å². The molecule has 2 aromatic carbocycles. The number of amides is 1. The van der Waals surface area contributed by atoms with Crippen LogP contribution in [0.2, 0.25) is 5.02 Å². The van der Waals surface area contributed by atoms with Crippen LogP contribution in [0.15, 0.2) is 48.5 Å². The van der Waals surface area contributed by atoms with Crippen molar-refractivity contribution in [2.45, 2.75) is 31.8 Å². The van der Waals surface area contributed by atoms with Crippen LogP contribution in [0, 0.1) is 5.82 Å². The van der Waals surface area contributed by atoms with Gasteiger partial charge in [-0.05, 0) is 48.7 Å². The highest BCUT2D eigenvalue weighted by Crippen LogP contribution is 2.29. The molecule has 3 nitrogen and oxygen atoms in total. The molecule has 0 saturated heterocycles. The van der Waals surface area contributed by atoms with Crippen LogP contribution in [0.4, 0.5) is 4.39 Å². The fourth-order valence-corrected chi connectivity index (χ4v) is 2.73. The number of hydrogen-bond acceptors (Lipinski definition) is 2. The van der Waals surface area contributed by atoms with Crippen LogP contribution in [0.3, 0.4) is 0 Å². The lowest BCUT2D eigenvalue weighted by atomic mass is 9.97. The quantitative estimate of drug-likeness (QED) is 0.852. The molecule has 0 aliphatic rings. The van der Waals surface area contributed by atoms with Crippen molar-refractivity contribution in [1.82, 2.24) is 4.90 Å². The number of hydrogen-bond donors (Lipinski definition) is 1. The van der Waals surface area contributed by atoms with Crippen molar-refractivity contribution in [2.75, 3.05) is 7.05 Å². The van der Waals surface area contributed by atoms with E-state index in [-0.39, 0.29) is 23.8 Å². The summed E-state index contributed by atoms with van der Waals surface area (Å²) >= 11 is 5.97. The number of nitrogens with two attached hydrogens (primary N) is 1. The lowest BCUT2D eigenvalue weighted by molar-refractivity contribution is -0.131. The van der Waals surface area contributed by atoms with Crippen LogP contribution in [0.25, 0.3) is 0 Å². The van der Waals surface area contributed by atoms with Gasteiger partial charge in [0.05, 0.1) is 6.04 Å². The summed E-state index contributed by atoms with van der Waals surface area (Å²) in [5, 5.41) is 0.627. The summed E-state index contributed by atoms with van der Waals surface area (Å²) in [7, 11) is 1.76. The number of benzene rings is 2. The SMILES string of the molecule is CC(N)CCC(=O)N(C)C(c1ccc(F)cc1)c1ccc(Cl)cc1.